The van der Waals surface area contributed by atoms with Gasteiger partial charge >= 0.3 is 103 Å². The Morgan fingerprint density at radius 3 is 1.16 bits per heavy atom. The second-order valence-corrected chi connectivity index (χ2v) is 10.5. The Labute approximate surface area is 160 Å². The van der Waals surface area contributed by atoms with Crippen molar-refractivity contribution in [2.24, 2.45) is 0 Å². The quantitative estimate of drug-likeness (QED) is 0.468. The summed E-state index contributed by atoms with van der Waals surface area (Å²) in [5, 5.41) is 15.8. The predicted octanol–water partition coefficient (Wildman–Crippen LogP) is 2.64. The van der Waals surface area contributed by atoms with E-state index in [-0.39, 0.29) is 11.1 Å². The van der Waals surface area contributed by atoms with Crippen molar-refractivity contribution in [2.45, 2.75) is 13.8 Å². The third kappa shape index (κ3) is 12.8. The van der Waals surface area contributed by atoms with Crippen molar-refractivity contribution in [3.63, 3.8) is 0 Å². The molecule has 0 fully saturated rings. The molecule has 0 spiro atoms. The van der Waals surface area contributed by atoms with Crippen LogP contribution in [0.1, 0.15) is 13.8 Å². The summed E-state index contributed by atoms with van der Waals surface area (Å²) in [5.41, 5.74) is 0.352. The number of hydrogen-bond donors (Lipinski definition) is 2. The first-order valence-electron chi connectivity index (χ1n) is 7.38. The van der Waals surface area contributed by atoms with Crippen molar-refractivity contribution < 1.29 is 19.8 Å². The van der Waals surface area contributed by atoms with Crippen molar-refractivity contribution in [1.29, 1.82) is 0 Å². The SMILES string of the molecule is C=C(C)C(=O)O.C=C(C)C(=O)O.c1cc[c]([Pb][c]2ccccc2)cc1. The van der Waals surface area contributed by atoms with Crippen LogP contribution in [-0.4, -0.2) is 46.4 Å². The van der Waals surface area contributed by atoms with Crippen LogP contribution in [0.15, 0.2) is 85.0 Å². The summed E-state index contributed by atoms with van der Waals surface area (Å²) >= 11 is -0.740. The van der Waals surface area contributed by atoms with Gasteiger partial charge in [-0.2, -0.15) is 0 Å². The van der Waals surface area contributed by atoms with Crippen molar-refractivity contribution in [3.05, 3.63) is 85.0 Å². The van der Waals surface area contributed by atoms with E-state index in [0.29, 0.717) is 0 Å². The van der Waals surface area contributed by atoms with Gasteiger partial charge < -0.3 is 10.2 Å². The molecule has 4 nitrogen and oxygen atoms in total. The number of hydrogen-bond acceptors (Lipinski definition) is 2. The fraction of sp³-hybridized carbons (Fsp3) is 0.100. The van der Waals surface area contributed by atoms with Crippen molar-refractivity contribution in [3.8, 4) is 0 Å². The number of aliphatic carboxylic acids is 2. The zero-order chi connectivity index (χ0) is 19.2. The summed E-state index contributed by atoms with van der Waals surface area (Å²) in [5.74, 6) is -1.87. The second-order valence-electron chi connectivity index (χ2n) is 5.03. The monoisotopic (exact) mass is 534 g/mol. The number of carbonyl (C=O) groups is 2. The Morgan fingerprint density at radius 1 is 0.720 bits per heavy atom. The third-order valence-electron chi connectivity index (χ3n) is 2.57. The van der Waals surface area contributed by atoms with E-state index in [2.05, 4.69) is 73.8 Å². The molecule has 0 aliphatic rings. The minimum absolute atomic E-state index is 0.176. The fourth-order valence-corrected chi connectivity index (χ4v) is 5.30. The van der Waals surface area contributed by atoms with Gasteiger partial charge in [0.05, 0.1) is 0 Å². The number of carboxylic acid groups (broad SMARTS) is 2. The molecule has 5 heteroatoms. The maximum atomic E-state index is 9.60. The molecule has 0 aromatic heterocycles. The molecule has 0 heterocycles. The van der Waals surface area contributed by atoms with Crippen LogP contribution in [0.2, 0.25) is 0 Å². The summed E-state index contributed by atoms with van der Waals surface area (Å²) in [6.07, 6.45) is 0. The summed E-state index contributed by atoms with van der Waals surface area (Å²) < 4.78 is 3.13. The molecule has 0 bridgehead atoms. The molecule has 0 aliphatic heterocycles. The Kier molecular flexibility index (Phi) is 12.0. The van der Waals surface area contributed by atoms with Crippen LogP contribution >= 0.6 is 0 Å². The molecule has 130 valence electrons. The molecule has 2 rings (SSSR count). The van der Waals surface area contributed by atoms with E-state index < -0.39 is 36.2 Å². The van der Waals surface area contributed by atoms with E-state index in [1.807, 2.05) is 0 Å². The first-order valence-corrected chi connectivity index (χ1v) is 11.3. The van der Waals surface area contributed by atoms with Crippen molar-refractivity contribution in [2.75, 3.05) is 0 Å². The van der Waals surface area contributed by atoms with E-state index in [1.54, 1.807) is 6.25 Å². The van der Waals surface area contributed by atoms with Gasteiger partial charge in [0.1, 0.15) is 0 Å². The van der Waals surface area contributed by atoms with Gasteiger partial charge in [0, 0.05) is 11.1 Å². The van der Waals surface area contributed by atoms with Gasteiger partial charge in [-0.3, -0.25) is 0 Å². The summed E-state index contributed by atoms with van der Waals surface area (Å²) in [7, 11) is 0. The maximum absolute atomic E-state index is 9.60. The normalized spacial score (nSPS) is 8.72. The molecule has 0 saturated heterocycles. The van der Waals surface area contributed by atoms with Crippen LogP contribution in [-0.2, 0) is 9.59 Å². The molecular weight excluding hydrogens is 511 g/mol. The van der Waals surface area contributed by atoms with Crippen LogP contribution < -0.4 is 6.25 Å². The van der Waals surface area contributed by atoms with Crippen LogP contribution in [0, 0.1) is 0 Å². The molecule has 0 unspecified atom stereocenters. The summed E-state index contributed by atoms with van der Waals surface area (Å²) in [4.78, 5) is 19.2. The van der Waals surface area contributed by atoms with Gasteiger partial charge in [-0.15, -0.1) is 0 Å². The Bertz CT molecular complexity index is 609. The summed E-state index contributed by atoms with van der Waals surface area (Å²) in [6, 6.07) is 21.7. The topological polar surface area (TPSA) is 74.6 Å². The molecule has 2 radical (unpaired) electrons. The molecule has 0 amide bonds. The van der Waals surface area contributed by atoms with Crippen LogP contribution in [0.25, 0.3) is 0 Å². The van der Waals surface area contributed by atoms with Gasteiger partial charge in [0.15, 0.2) is 0 Å². The van der Waals surface area contributed by atoms with E-state index in [1.165, 1.54) is 13.8 Å². The van der Waals surface area contributed by atoms with E-state index >= 15 is 0 Å². The molecule has 0 saturated carbocycles. The van der Waals surface area contributed by atoms with Gasteiger partial charge in [-0.05, 0) is 13.8 Å². The molecule has 2 aromatic rings. The molecule has 0 atom stereocenters. The van der Waals surface area contributed by atoms with Gasteiger partial charge in [-0.25, -0.2) is 9.59 Å². The van der Waals surface area contributed by atoms with Crippen LogP contribution in [0.3, 0.4) is 0 Å². The van der Waals surface area contributed by atoms with Gasteiger partial charge in [-0.1, -0.05) is 13.2 Å². The minimum atomic E-state index is -0.935. The zero-order valence-electron chi connectivity index (χ0n) is 14.4. The molecule has 2 aromatic carbocycles. The number of rotatable bonds is 4. The molecular formula is C20H22O4Pb. The van der Waals surface area contributed by atoms with E-state index in [4.69, 9.17) is 10.2 Å². The van der Waals surface area contributed by atoms with Crippen molar-refractivity contribution >= 4 is 42.4 Å². The Morgan fingerprint density at radius 2 is 0.960 bits per heavy atom. The van der Waals surface area contributed by atoms with Crippen molar-refractivity contribution in [1.82, 2.24) is 0 Å². The van der Waals surface area contributed by atoms with Crippen LogP contribution in [0.5, 0.6) is 0 Å². The standard InChI is InChI=1S/2C6H5.2C4H6O2.Pb/c2*1-2-4-6-5-3-1;2*1-3(2)4(5)6;/h2*1-5H;2*1H2,2H3,(H,5,6);. The van der Waals surface area contributed by atoms with E-state index in [9.17, 15) is 9.59 Å². The molecule has 0 aliphatic carbocycles. The average Bonchev–Trinajstić information content (AvgIpc) is 2.57. The predicted molar refractivity (Wildman–Crippen MR) is 103 cm³/mol. The Balaban J connectivity index is 0.000000406. The first-order chi connectivity index (χ1) is 11.7. The third-order valence-corrected chi connectivity index (χ3v) is 7.40. The van der Waals surface area contributed by atoms with Gasteiger partial charge in [0.25, 0.3) is 0 Å². The van der Waals surface area contributed by atoms with Gasteiger partial charge in [0.2, 0.25) is 0 Å². The number of carboxylic acids is 2. The first kappa shape index (κ1) is 22.8. The van der Waals surface area contributed by atoms with E-state index in [0.717, 1.165) is 0 Å². The van der Waals surface area contributed by atoms with Crippen LogP contribution in [0.4, 0.5) is 0 Å². The Hall–Kier alpha value is -2.22. The fourth-order valence-electron chi connectivity index (χ4n) is 1.21. The zero-order valence-corrected chi connectivity index (χ0v) is 18.3. The average molecular weight is 534 g/mol. The molecule has 2 N–H and O–H groups in total. The summed E-state index contributed by atoms with van der Waals surface area (Å²) in [6.45, 7) is 9.20. The molecule has 25 heavy (non-hydrogen) atoms. The second kappa shape index (κ2) is 13.1. The number of benzene rings is 2.